The molecule has 0 unspecified atom stereocenters. The maximum absolute atomic E-state index is 11.5. The molecule has 0 saturated carbocycles. The lowest BCUT2D eigenvalue weighted by Gasteiger charge is -2.39. The summed E-state index contributed by atoms with van der Waals surface area (Å²) in [5.74, 6) is 0. The second-order valence-electron chi connectivity index (χ2n) is 5.31. The van der Waals surface area contributed by atoms with Gasteiger partial charge in [-0.1, -0.05) is 15.9 Å². The fraction of sp³-hybridized carbons (Fsp3) is 0.500. The number of nitrogens with one attached hydrogen (secondary N) is 1. The maximum atomic E-state index is 11.5. The van der Waals surface area contributed by atoms with Crippen molar-refractivity contribution in [1.29, 1.82) is 0 Å². The van der Waals surface area contributed by atoms with E-state index in [4.69, 9.17) is 0 Å². The lowest BCUT2D eigenvalue weighted by molar-refractivity contribution is 0.101. The van der Waals surface area contributed by atoms with Crippen LogP contribution in [0.15, 0.2) is 22.7 Å². The molecule has 0 radical (unpaired) electrons. The van der Waals surface area contributed by atoms with Crippen LogP contribution in [0.2, 0.25) is 0 Å². The molecule has 1 aliphatic heterocycles. The van der Waals surface area contributed by atoms with Crippen LogP contribution in [-0.2, 0) is 0 Å². The number of nitrogens with zero attached hydrogens (tertiary/aromatic N) is 1. The van der Waals surface area contributed by atoms with Crippen LogP contribution < -0.4 is 5.32 Å². The highest BCUT2D eigenvalue weighted by atomic mass is 79.9. The van der Waals surface area contributed by atoms with E-state index in [0.717, 1.165) is 22.1 Å². The Balaban J connectivity index is 2.46. The molecule has 1 heterocycles. The van der Waals surface area contributed by atoms with Crippen LogP contribution in [0.1, 0.15) is 38.8 Å². The van der Waals surface area contributed by atoms with Crippen molar-refractivity contribution in [3.05, 3.63) is 28.2 Å². The fourth-order valence-corrected chi connectivity index (χ4v) is 3.08. The average Bonchev–Trinajstić information content (AvgIpc) is 2.29. The molecule has 19 heavy (non-hydrogen) atoms. The van der Waals surface area contributed by atoms with Crippen molar-refractivity contribution >= 4 is 27.7 Å². The van der Waals surface area contributed by atoms with Gasteiger partial charge in [0.05, 0.1) is 6.04 Å². The van der Waals surface area contributed by atoms with Crippen LogP contribution in [0.3, 0.4) is 0 Å². The number of rotatable bonds is 2. The summed E-state index contributed by atoms with van der Waals surface area (Å²) in [6.07, 6.45) is -0.0754. The Morgan fingerprint density at radius 3 is 2.79 bits per heavy atom. The minimum absolute atomic E-state index is 0.0420. The first-order chi connectivity index (χ1) is 8.90. The normalized spacial score (nSPS) is 21.7. The first-order valence-electron chi connectivity index (χ1n) is 6.47. The number of carbonyl (C=O) groups is 1. The van der Waals surface area contributed by atoms with Crippen molar-refractivity contribution in [3.63, 3.8) is 0 Å². The third-order valence-electron chi connectivity index (χ3n) is 3.46. The third-order valence-corrected chi connectivity index (χ3v) is 3.96. The fourth-order valence-electron chi connectivity index (χ4n) is 2.70. The first kappa shape index (κ1) is 14.2. The third kappa shape index (κ3) is 2.86. The van der Waals surface area contributed by atoms with Gasteiger partial charge in [-0.2, -0.15) is 0 Å². The van der Waals surface area contributed by atoms with Crippen molar-refractivity contribution < 1.29 is 9.90 Å². The maximum Gasteiger partial charge on any atom is 0.408 e. The van der Waals surface area contributed by atoms with E-state index >= 15 is 0 Å². The Labute approximate surface area is 121 Å². The van der Waals surface area contributed by atoms with Gasteiger partial charge in [0.15, 0.2) is 0 Å². The monoisotopic (exact) mass is 326 g/mol. The van der Waals surface area contributed by atoms with Gasteiger partial charge in [0, 0.05) is 22.2 Å². The summed E-state index contributed by atoms with van der Waals surface area (Å²) in [7, 11) is 0. The van der Waals surface area contributed by atoms with E-state index in [9.17, 15) is 9.90 Å². The van der Waals surface area contributed by atoms with Crippen LogP contribution in [0.25, 0.3) is 0 Å². The van der Waals surface area contributed by atoms with E-state index in [-0.39, 0.29) is 18.1 Å². The molecule has 0 aromatic heterocycles. The summed E-state index contributed by atoms with van der Waals surface area (Å²) in [5, 5.41) is 12.9. The molecule has 1 aliphatic rings. The molecular weight excluding hydrogens is 308 g/mol. The number of anilines is 1. The zero-order valence-corrected chi connectivity index (χ0v) is 12.9. The first-order valence-corrected chi connectivity index (χ1v) is 7.26. The number of fused-ring (bicyclic) bond motifs is 1. The summed E-state index contributed by atoms with van der Waals surface area (Å²) in [4.78, 5) is 13.1. The number of hydrogen-bond donors (Lipinski definition) is 2. The van der Waals surface area contributed by atoms with Gasteiger partial charge >= 0.3 is 6.09 Å². The lowest BCUT2D eigenvalue weighted by Crippen LogP contribution is -2.43. The molecule has 0 saturated heterocycles. The summed E-state index contributed by atoms with van der Waals surface area (Å²) in [6.45, 7) is 5.91. The molecule has 104 valence electrons. The van der Waals surface area contributed by atoms with Gasteiger partial charge in [-0.3, -0.25) is 4.90 Å². The predicted molar refractivity (Wildman–Crippen MR) is 79.6 cm³/mol. The Kier molecular flexibility index (Phi) is 4.04. The molecule has 0 fully saturated rings. The van der Waals surface area contributed by atoms with Crippen LogP contribution in [0, 0.1) is 0 Å². The molecule has 5 heteroatoms. The molecule has 2 N–H and O–H groups in total. The number of benzene rings is 1. The molecule has 0 spiro atoms. The predicted octanol–water partition coefficient (Wildman–Crippen LogP) is 4.08. The van der Waals surface area contributed by atoms with Gasteiger partial charge in [0.1, 0.15) is 0 Å². The Hall–Kier alpha value is -1.23. The Morgan fingerprint density at radius 2 is 2.21 bits per heavy atom. The van der Waals surface area contributed by atoms with Gasteiger partial charge < -0.3 is 10.4 Å². The van der Waals surface area contributed by atoms with Gasteiger partial charge in [-0.05, 0) is 51.0 Å². The highest BCUT2D eigenvalue weighted by molar-refractivity contribution is 9.10. The molecule has 1 aromatic rings. The molecule has 4 nitrogen and oxygen atoms in total. The minimum Gasteiger partial charge on any atom is -0.465 e. The van der Waals surface area contributed by atoms with Crippen LogP contribution in [-0.4, -0.2) is 28.2 Å². The van der Waals surface area contributed by atoms with E-state index in [1.54, 1.807) is 4.90 Å². The molecular formula is C14H19BrN2O2. The van der Waals surface area contributed by atoms with Gasteiger partial charge in [0.25, 0.3) is 0 Å². The SMILES string of the molecule is CC(C)N(C(=O)O)[C@@H]1C[C@H](C)Nc2ccc(Br)cc21. The smallest absolute Gasteiger partial charge is 0.408 e. The number of hydrogen-bond acceptors (Lipinski definition) is 2. The van der Waals surface area contributed by atoms with E-state index in [2.05, 4.69) is 28.2 Å². The average molecular weight is 327 g/mol. The highest BCUT2D eigenvalue weighted by Gasteiger charge is 2.33. The van der Waals surface area contributed by atoms with E-state index < -0.39 is 6.09 Å². The van der Waals surface area contributed by atoms with Gasteiger partial charge in [0.2, 0.25) is 0 Å². The molecule has 1 aromatic carbocycles. The van der Waals surface area contributed by atoms with Crippen molar-refractivity contribution in [1.82, 2.24) is 4.90 Å². The van der Waals surface area contributed by atoms with Crippen molar-refractivity contribution in [2.75, 3.05) is 5.32 Å². The highest BCUT2D eigenvalue weighted by Crippen LogP contribution is 2.38. The Bertz CT molecular complexity index is 490. The van der Waals surface area contributed by atoms with Crippen molar-refractivity contribution in [2.24, 2.45) is 0 Å². The molecule has 0 bridgehead atoms. The lowest BCUT2D eigenvalue weighted by atomic mass is 9.92. The van der Waals surface area contributed by atoms with Crippen molar-refractivity contribution in [3.8, 4) is 0 Å². The van der Waals surface area contributed by atoms with E-state index in [0.29, 0.717) is 0 Å². The van der Waals surface area contributed by atoms with E-state index in [1.807, 2.05) is 32.0 Å². The molecule has 2 atom stereocenters. The molecule has 2 rings (SSSR count). The topological polar surface area (TPSA) is 52.6 Å². The zero-order valence-electron chi connectivity index (χ0n) is 11.4. The number of amides is 1. The van der Waals surface area contributed by atoms with Gasteiger partial charge in [-0.15, -0.1) is 0 Å². The second-order valence-corrected chi connectivity index (χ2v) is 6.23. The number of halogens is 1. The van der Waals surface area contributed by atoms with Crippen LogP contribution >= 0.6 is 15.9 Å². The minimum atomic E-state index is -0.861. The van der Waals surface area contributed by atoms with E-state index in [1.165, 1.54) is 0 Å². The summed E-state index contributed by atoms with van der Waals surface area (Å²) < 4.78 is 0.974. The summed E-state index contributed by atoms with van der Waals surface area (Å²) in [5.41, 5.74) is 2.07. The zero-order chi connectivity index (χ0) is 14.2. The van der Waals surface area contributed by atoms with Crippen LogP contribution in [0.4, 0.5) is 10.5 Å². The molecule has 0 aliphatic carbocycles. The summed E-state index contributed by atoms with van der Waals surface area (Å²) >= 11 is 3.46. The number of carboxylic acid groups (broad SMARTS) is 1. The standard InChI is InChI=1S/C14H19BrN2O2/c1-8(2)17(14(18)19)13-6-9(3)16-12-5-4-10(15)7-11(12)13/h4-5,7-9,13,16H,6H2,1-3H3,(H,18,19)/t9-,13+/m0/s1. The Morgan fingerprint density at radius 1 is 1.53 bits per heavy atom. The summed E-state index contributed by atoms with van der Waals surface area (Å²) in [6, 6.07) is 6.11. The largest absolute Gasteiger partial charge is 0.465 e. The quantitative estimate of drug-likeness (QED) is 0.860. The second kappa shape index (κ2) is 5.41. The van der Waals surface area contributed by atoms with Crippen LogP contribution in [0.5, 0.6) is 0 Å². The van der Waals surface area contributed by atoms with Crippen molar-refractivity contribution in [2.45, 2.75) is 45.3 Å². The van der Waals surface area contributed by atoms with Gasteiger partial charge in [-0.25, -0.2) is 4.79 Å². The molecule has 1 amide bonds.